The molecule has 1 aromatic carbocycles. The van der Waals surface area contributed by atoms with E-state index in [-0.39, 0.29) is 5.91 Å². The maximum absolute atomic E-state index is 11.6. The summed E-state index contributed by atoms with van der Waals surface area (Å²) in [7, 11) is 3.42. The first-order valence-corrected chi connectivity index (χ1v) is 9.73. The smallest absolute Gasteiger partial charge is 0.251 e. The molecule has 1 aliphatic carbocycles. The van der Waals surface area contributed by atoms with Crippen LogP contribution in [0.5, 0.6) is 0 Å². The van der Waals surface area contributed by atoms with E-state index in [0.717, 1.165) is 17.0 Å². The predicted octanol–water partition coefficient (Wildman–Crippen LogP) is 3.67. The number of amidine groups is 1. The Morgan fingerprint density at radius 2 is 1.93 bits per heavy atom. The third-order valence-corrected chi connectivity index (χ3v) is 4.94. The number of hydrogen-bond donors (Lipinski definition) is 2. The van der Waals surface area contributed by atoms with Crippen molar-refractivity contribution in [3.05, 3.63) is 59.9 Å². The van der Waals surface area contributed by atoms with Gasteiger partial charge in [0, 0.05) is 31.9 Å². The number of aliphatic imine (C=N–C) groups is 1. The number of hydrogen-bond acceptors (Lipinski definition) is 3. The highest BCUT2D eigenvalue weighted by Crippen LogP contribution is 2.18. The van der Waals surface area contributed by atoms with E-state index in [1.165, 1.54) is 32.1 Å². The number of amides is 1. The summed E-state index contributed by atoms with van der Waals surface area (Å²) in [6.45, 7) is 0. The molecular weight excluding hydrogens is 348 g/mol. The summed E-state index contributed by atoms with van der Waals surface area (Å²) in [4.78, 5) is 20.4. The second kappa shape index (κ2) is 9.70. The van der Waals surface area contributed by atoms with Crippen molar-refractivity contribution in [3.8, 4) is 11.1 Å². The molecule has 144 valence electrons. The van der Waals surface area contributed by atoms with Crippen LogP contribution in [0.3, 0.4) is 0 Å². The third-order valence-electron chi connectivity index (χ3n) is 4.94. The molecule has 3 rings (SSSR count). The van der Waals surface area contributed by atoms with Crippen LogP contribution >= 0.6 is 0 Å². The highest BCUT2D eigenvalue weighted by atomic mass is 16.1. The van der Waals surface area contributed by atoms with Crippen molar-refractivity contribution in [2.75, 3.05) is 14.1 Å². The third kappa shape index (κ3) is 5.20. The molecule has 2 N–H and O–H groups in total. The first kappa shape index (κ1) is 19.6. The van der Waals surface area contributed by atoms with E-state index in [2.05, 4.69) is 32.7 Å². The summed E-state index contributed by atoms with van der Waals surface area (Å²) in [5, 5.41) is 6.12. The van der Waals surface area contributed by atoms with Crippen molar-refractivity contribution in [1.82, 2.24) is 15.6 Å². The molecule has 0 atom stereocenters. The topological polar surface area (TPSA) is 66.4 Å². The highest BCUT2D eigenvalue weighted by molar-refractivity contribution is 5.96. The van der Waals surface area contributed by atoms with E-state index >= 15 is 0 Å². The van der Waals surface area contributed by atoms with Gasteiger partial charge in [0.15, 0.2) is 0 Å². The number of nitrogens with zero attached hydrogens (tertiary/aromatic N) is 2. The monoisotopic (exact) mass is 374 g/mol. The molecular formula is C23H26N4O. The average Bonchev–Trinajstić information content (AvgIpc) is 2.77. The fraction of sp³-hybridized carbons (Fsp3) is 0.348. The lowest BCUT2D eigenvalue weighted by Crippen LogP contribution is -2.35. The summed E-state index contributed by atoms with van der Waals surface area (Å²) in [5.41, 5.74) is 3.11. The minimum absolute atomic E-state index is 0.101. The lowest BCUT2D eigenvalue weighted by atomic mass is 9.95. The first-order valence-electron chi connectivity index (χ1n) is 9.73. The van der Waals surface area contributed by atoms with Crippen molar-refractivity contribution in [3.63, 3.8) is 0 Å². The summed E-state index contributed by atoms with van der Waals surface area (Å²) >= 11 is 0. The lowest BCUT2D eigenvalue weighted by molar-refractivity contribution is 0.0963. The molecule has 0 spiro atoms. The molecule has 5 nitrogen and oxygen atoms in total. The Kier molecular flexibility index (Phi) is 6.80. The molecule has 5 heteroatoms. The molecule has 1 fully saturated rings. The number of benzene rings is 1. The van der Waals surface area contributed by atoms with Crippen molar-refractivity contribution in [2.45, 2.75) is 38.1 Å². The van der Waals surface area contributed by atoms with Gasteiger partial charge in [0.2, 0.25) is 0 Å². The zero-order valence-electron chi connectivity index (χ0n) is 16.5. The van der Waals surface area contributed by atoms with E-state index in [9.17, 15) is 4.79 Å². The van der Waals surface area contributed by atoms with Gasteiger partial charge >= 0.3 is 0 Å². The van der Waals surface area contributed by atoms with Crippen molar-refractivity contribution in [1.29, 1.82) is 0 Å². The predicted molar refractivity (Wildman–Crippen MR) is 113 cm³/mol. The first-order chi connectivity index (χ1) is 13.7. The van der Waals surface area contributed by atoms with Gasteiger partial charge in [-0.05, 0) is 48.8 Å². The van der Waals surface area contributed by atoms with E-state index in [4.69, 9.17) is 0 Å². The summed E-state index contributed by atoms with van der Waals surface area (Å²) in [6, 6.07) is 14.1. The molecule has 1 saturated carbocycles. The zero-order chi connectivity index (χ0) is 19.8. The SMILES string of the molecule is CN=C(/C=C\c1c#cc(-c2ccc(C(=O)NC)cc2)cn1)NC1CCCCC1. The maximum Gasteiger partial charge on any atom is 0.251 e. The second-order valence-electron chi connectivity index (χ2n) is 6.89. The van der Waals surface area contributed by atoms with Crippen LogP contribution in [-0.4, -0.2) is 36.9 Å². The molecule has 0 aliphatic heterocycles. The molecule has 2 aromatic rings. The maximum atomic E-state index is 11.6. The fourth-order valence-electron chi connectivity index (χ4n) is 3.31. The Morgan fingerprint density at radius 1 is 1.18 bits per heavy atom. The number of rotatable bonds is 5. The van der Waals surface area contributed by atoms with Gasteiger partial charge in [-0.3, -0.25) is 9.79 Å². The van der Waals surface area contributed by atoms with Gasteiger partial charge in [-0.15, -0.1) is 0 Å². The highest BCUT2D eigenvalue weighted by Gasteiger charge is 2.13. The number of carbonyl (C=O) groups excluding carboxylic acids is 1. The number of aromatic nitrogens is 1. The summed E-state index contributed by atoms with van der Waals surface area (Å²) < 4.78 is 0. The van der Waals surface area contributed by atoms with E-state index in [1.54, 1.807) is 32.4 Å². The van der Waals surface area contributed by atoms with Crippen LogP contribution in [0, 0.1) is 12.1 Å². The van der Waals surface area contributed by atoms with Crippen LogP contribution in [0.25, 0.3) is 17.2 Å². The Labute approximate surface area is 167 Å². The van der Waals surface area contributed by atoms with Crippen LogP contribution in [0.15, 0.2) is 41.5 Å². The standard InChI is InChI=1S/C23H26N4O/c1-24-22(27-21-6-4-3-5-7-21)15-14-20-13-12-19(16-26-20)17-8-10-18(11-9-17)23(28)25-2/h8-11,14-16,21H,3-7H2,1-2H3,(H,24,27)(H,25,28)/b15-14-. The molecule has 0 saturated heterocycles. The second-order valence-corrected chi connectivity index (χ2v) is 6.89. The largest absolute Gasteiger partial charge is 0.368 e. The molecule has 28 heavy (non-hydrogen) atoms. The molecule has 0 unspecified atom stereocenters. The minimum atomic E-state index is -0.101. The number of carbonyl (C=O) groups is 1. The summed E-state index contributed by atoms with van der Waals surface area (Å²) in [5.74, 6) is 0.770. The van der Waals surface area contributed by atoms with Crippen molar-refractivity contribution in [2.24, 2.45) is 4.99 Å². The normalized spacial score (nSPS) is 15.3. The van der Waals surface area contributed by atoms with E-state index in [0.29, 0.717) is 17.3 Å². The fourth-order valence-corrected chi connectivity index (χ4v) is 3.31. The van der Waals surface area contributed by atoms with Crippen LogP contribution in [-0.2, 0) is 0 Å². The van der Waals surface area contributed by atoms with E-state index < -0.39 is 0 Å². The van der Waals surface area contributed by atoms with Gasteiger partial charge in [-0.25, -0.2) is 4.98 Å². The van der Waals surface area contributed by atoms with Crippen molar-refractivity contribution >= 4 is 17.8 Å². The molecule has 0 bridgehead atoms. The van der Waals surface area contributed by atoms with Gasteiger partial charge < -0.3 is 10.6 Å². The Balaban J connectivity index is 1.63. The number of nitrogens with one attached hydrogen (secondary N) is 2. The van der Waals surface area contributed by atoms with Crippen molar-refractivity contribution < 1.29 is 4.79 Å². The Bertz CT molecular complexity index is 832. The summed E-state index contributed by atoms with van der Waals surface area (Å²) in [6.07, 6.45) is 11.9. The molecule has 1 heterocycles. The Hall–Kier alpha value is -3.13. The van der Waals surface area contributed by atoms with Gasteiger partial charge in [-0.2, -0.15) is 0 Å². The van der Waals surface area contributed by atoms with Gasteiger partial charge in [0.1, 0.15) is 11.5 Å². The van der Waals surface area contributed by atoms with Gasteiger partial charge in [-0.1, -0.05) is 37.5 Å². The van der Waals surface area contributed by atoms with Crippen LogP contribution in [0.2, 0.25) is 0 Å². The van der Waals surface area contributed by atoms with Gasteiger partial charge in [0.05, 0.1) is 5.56 Å². The van der Waals surface area contributed by atoms with E-state index in [1.807, 2.05) is 24.3 Å². The van der Waals surface area contributed by atoms with Crippen LogP contribution < -0.4 is 10.6 Å². The molecule has 0 radical (unpaired) electrons. The molecule has 1 aromatic heterocycles. The minimum Gasteiger partial charge on any atom is -0.368 e. The lowest BCUT2D eigenvalue weighted by Gasteiger charge is -2.23. The van der Waals surface area contributed by atoms with Crippen LogP contribution in [0.4, 0.5) is 0 Å². The zero-order valence-corrected chi connectivity index (χ0v) is 16.5. The molecule has 1 aliphatic rings. The quantitative estimate of drug-likeness (QED) is 0.620. The Morgan fingerprint density at radius 3 is 2.54 bits per heavy atom. The van der Waals surface area contributed by atoms with Gasteiger partial charge in [0.25, 0.3) is 5.91 Å². The average molecular weight is 374 g/mol. The molecule has 1 amide bonds. The van der Waals surface area contributed by atoms with Crippen LogP contribution in [0.1, 0.15) is 48.2 Å².